The highest BCUT2D eigenvalue weighted by molar-refractivity contribution is 7.92. The maximum Gasteiger partial charge on any atom is 0.243 e. The first-order chi connectivity index (χ1) is 17.4. The van der Waals surface area contributed by atoms with Crippen LogP contribution in [-0.4, -0.2) is 50.0 Å². The highest BCUT2D eigenvalue weighted by Gasteiger charge is 2.30. The van der Waals surface area contributed by atoms with Crippen molar-refractivity contribution in [3.63, 3.8) is 0 Å². The van der Waals surface area contributed by atoms with Crippen LogP contribution in [-0.2, 0) is 26.2 Å². The Morgan fingerprint density at radius 1 is 1.03 bits per heavy atom. The van der Waals surface area contributed by atoms with Gasteiger partial charge in [0.15, 0.2) is 0 Å². The minimum Gasteiger partial charge on any atom is -0.352 e. The van der Waals surface area contributed by atoms with Crippen LogP contribution >= 0.6 is 23.2 Å². The molecule has 37 heavy (non-hydrogen) atoms. The number of amides is 2. The zero-order valence-corrected chi connectivity index (χ0v) is 23.8. The van der Waals surface area contributed by atoms with Crippen molar-refractivity contribution in [3.05, 3.63) is 63.9 Å². The highest BCUT2D eigenvalue weighted by atomic mass is 35.5. The molecule has 0 aliphatic rings. The van der Waals surface area contributed by atoms with Crippen molar-refractivity contribution >= 4 is 50.7 Å². The molecule has 0 aliphatic carbocycles. The second kappa shape index (κ2) is 14.0. The Morgan fingerprint density at radius 2 is 1.65 bits per heavy atom. The van der Waals surface area contributed by atoms with Crippen molar-refractivity contribution in [2.75, 3.05) is 17.1 Å². The summed E-state index contributed by atoms with van der Waals surface area (Å²) in [5, 5.41) is 3.66. The van der Waals surface area contributed by atoms with Gasteiger partial charge in [0.1, 0.15) is 11.9 Å². The van der Waals surface area contributed by atoms with E-state index in [0.29, 0.717) is 22.0 Å². The molecule has 2 atom stereocenters. The number of carbonyl (C=O) groups is 2. The summed E-state index contributed by atoms with van der Waals surface area (Å²) in [4.78, 5) is 28.0. The lowest BCUT2D eigenvalue weighted by Gasteiger charge is -2.32. The molecule has 1 N–H and O–H groups in total. The van der Waals surface area contributed by atoms with Gasteiger partial charge in [-0.3, -0.25) is 13.9 Å². The number of rotatable bonds is 13. The molecule has 2 aromatic rings. The zero-order chi connectivity index (χ0) is 27.8. The first-order valence-corrected chi connectivity index (χ1v) is 14.8. The lowest BCUT2D eigenvalue weighted by atomic mass is 10.1. The fourth-order valence-electron chi connectivity index (χ4n) is 3.85. The molecule has 0 saturated carbocycles. The monoisotopic (exact) mass is 573 g/mol. The van der Waals surface area contributed by atoms with Gasteiger partial charge in [0, 0.05) is 41.2 Å². The summed E-state index contributed by atoms with van der Waals surface area (Å²) in [6.07, 6.45) is 2.09. The highest BCUT2D eigenvalue weighted by Crippen LogP contribution is 2.28. The molecule has 2 aromatic carbocycles. The van der Waals surface area contributed by atoms with Crippen LogP contribution in [0.15, 0.2) is 42.5 Å². The van der Waals surface area contributed by atoms with Gasteiger partial charge in [-0.15, -0.1) is 0 Å². The Hall–Kier alpha value is -2.36. The molecule has 0 saturated heterocycles. The molecule has 0 fully saturated rings. The summed E-state index contributed by atoms with van der Waals surface area (Å²) in [5.41, 5.74) is 0.426. The maximum atomic E-state index is 14.3. The second-order valence-electron chi connectivity index (χ2n) is 8.85. The number of hydrogen-bond donors (Lipinski definition) is 1. The molecular weight excluding hydrogens is 540 g/mol. The van der Waals surface area contributed by atoms with Gasteiger partial charge in [0.05, 0.1) is 11.9 Å². The molecule has 204 valence electrons. The fraction of sp³-hybridized carbons (Fsp3) is 0.462. The summed E-state index contributed by atoms with van der Waals surface area (Å²) in [5.74, 6) is -1.34. The van der Waals surface area contributed by atoms with Crippen LogP contribution in [0.5, 0.6) is 0 Å². The summed E-state index contributed by atoms with van der Waals surface area (Å²) in [6, 6.07) is 9.70. The molecule has 0 bridgehead atoms. The number of anilines is 1. The Labute approximate surface area is 229 Å². The molecule has 0 aliphatic heterocycles. The zero-order valence-electron chi connectivity index (χ0n) is 21.5. The third kappa shape index (κ3) is 8.58. The quantitative estimate of drug-likeness (QED) is 0.347. The molecule has 0 radical (unpaired) electrons. The van der Waals surface area contributed by atoms with Gasteiger partial charge in [-0.2, -0.15) is 0 Å². The molecule has 7 nitrogen and oxygen atoms in total. The predicted molar refractivity (Wildman–Crippen MR) is 147 cm³/mol. The first kappa shape index (κ1) is 30.9. The van der Waals surface area contributed by atoms with Crippen molar-refractivity contribution < 1.29 is 22.4 Å². The number of benzene rings is 2. The van der Waals surface area contributed by atoms with E-state index in [0.717, 1.165) is 17.0 Å². The molecule has 2 amide bonds. The van der Waals surface area contributed by atoms with Crippen molar-refractivity contribution in [1.29, 1.82) is 0 Å². The Balaban J connectivity index is 2.29. The van der Waals surface area contributed by atoms with E-state index < -0.39 is 21.9 Å². The van der Waals surface area contributed by atoms with Crippen LogP contribution in [0.4, 0.5) is 10.1 Å². The number of hydrogen-bond acceptors (Lipinski definition) is 4. The van der Waals surface area contributed by atoms with Crippen LogP contribution in [0.1, 0.15) is 52.0 Å². The lowest BCUT2D eigenvalue weighted by Crippen LogP contribution is -2.50. The van der Waals surface area contributed by atoms with E-state index in [4.69, 9.17) is 23.2 Å². The average Bonchev–Trinajstić information content (AvgIpc) is 2.83. The molecular formula is C26H34Cl2FN3O4S. The first-order valence-electron chi connectivity index (χ1n) is 12.2. The Bertz CT molecular complexity index is 1180. The third-order valence-corrected chi connectivity index (χ3v) is 7.94. The van der Waals surface area contributed by atoms with E-state index in [1.165, 1.54) is 23.1 Å². The Morgan fingerprint density at radius 3 is 2.19 bits per heavy atom. The lowest BCUT2D eigenvalue weighted by molar-refractivity contribution is -0.141. The van der Waals surface area contributed by atoms with Gasteiger partial charge in [0.2, 0.25) is 21.8 Å². The largest absolute Gasteiger partial charge is 0.352 e. The van der Waals surface area contributed by atoms with Gasteiger partial charge in [-0.1, -0.05) is 55.2 Å². The maximum absolute atomic E-state index is 14.3. The van der Waals surface area contributed by atoms with E-state index in [9.17, 15) is 22.4 Å². The topological polar surface area (TPSA) is 86.8 Å². The molecule has 2 rings (SSSR count). The molecule has 0 unspecified atom stereocenters. The number of nitrogens with zero attached hydrogens (tertiary/aromatic N) is 2. The normalized spacial score (nSPS) is 13.1. The van der Waals surface area contributed by atoms with Crippen LogP contribution in [0.2, 0.25) is 10.0 Å². The van der Waals surface area contributed by atoms with Gasteiger partial charge < -0.3 is 10.2 Å². The van der Waals surface area contributed by atoms with E-state index >= 15 is 0 Å². The van der Waals surface area contributed by atoms with E-state index in [1.807, 2.05) is 13.8 Å². The fourth-order valence-corrected chi connectivity index (χ4v) is 5.33. The molecule has 0 aromatic heterocycles. The minimum atomic E-state index is -3.80. The minimum absolute atomic E-state index is 0.00682. The average molecular weight is 575 g/mol. The number of halogens is 3. The van der Waals surface area contributed by atoms with E-state index in [1.54, 1.807) is 31.2 Å². The third-order valence-electron chi connectivity index (χ3n) is 6.05. The van der Waals surface area contributed by atoms with Gasteiger partial charge >= 0.3 is 0 Å². The van der Waals surface area contributed by atoms with Gasteiger partial charge in [0.25, 0.3) is 0 Å². The number of sulfonamides is 1. The number of para-hydroxylation sites is 1. The molecule has 0 heterocycles. The number of nitrogens with one attached hydrogen (secondary N) is 1. The SMILES string of the molecule is CC[C@@H](C)NC(=O)[C@H](CC)N(Cc1c(Cl)cccc1Cl)C(=O)CCCN(c1ccccc1F)S(C)(=O)=O. The summed E-state index contributed by atoms with van der Waals surface area (Å²) < 4.78 is 40.0. The number of carbonyl (C=O) groups excluding carboxylic acids is 2. The standard InChI is InChI=1S/C26H34Cl2FN3O4S/c1-5-18(3)30-26(34)23(6-2)31(17-19-20(27)11-9-12-21(19)28)25(33)15-10-16-32(37(4,35)36)24-14-8-7-13-22(24)29/h7-9,11-14,18,23H,5-6,10,15-17H2,1-4H3,(H,30,34)/t18-,23+/m1/s1. The van der Waals surface area contributed by atoms with Crippen LogP contribution in [0.25, 0.3) is 0 Å². The smallest absolute Gasteiger partial charge is 0.243 e. The molecule has 11 heteroatoms. The predicted octanol–water partition coefficient (Wildman–Crippen LogP) is 5.40. The van der Waals surface area contributed by atoms with Crippen molar-refractivity contribution in [1.82, 2.24) is 10.2 Å². The van der Waals surface area contributed by atoms with Gasteiger partial charge in [-0.25, -0.2) is 12.8 Å². The second-order valence-corrected chi connectivity index (χ2v) is 11.6. The summed E-state index contributed by atoms with van der Waals surface area (Å²) >= 11 is 12.7. The van der Waals surface area contributed by atoms with Crippen molar-refractivity contribution in [2.24, 2.45) is 0 Å². The van der Waals surface area contributed by atoms with Gasteiger partial charge in [-0.05, 0) is 50.5 Å². The van der Waals surface area contributed by atoms with Crippen LogP contribution < -0.4 is 9.62 Å². The van der Waals surface area contributed by atoms with E-state index in [-0.39, 0.29) is 49.5 Å². The van der Waals surface area contributed by atoms with Crippen molar-refractivity contribution in [3.8, 4) is 0 Å². The van der Waals surface area contributed by atoms with Crippen LogP contribution in [0.3, 0.4) is 0 Å². The van der Waals surface area contributed by atoms with Crippen LogP contribution in [0, 0.1) is 5.82 Å². The Kier molecular flexibility index (Phi) is 11.7. The molecule has 0 spiro atoms. The van der Waals surface area contributed by atoms with Crippen molar-refractivity contribution in [2.45, 2.75) is 65.1 Å². The summed E-state index contributed by atoms with van der Waals surface area (Å²) in [7, 11) is -3.80. The summed E-state index contributed by atoms with van der Waals surface area (Å²) in [6.45, 7) is 5.53. The van der Waals surface area contributed by atoms with E-state index in [2.05, 4.69) is 5.32 Å².